The van der Waals surface area contributed by atoms with Gasteiger partial charge in [0.2, 0.25) is 0 Å². The van der Waals surface area contributed by atoms with Crippen molar-refractivity contribution in [2.24, 2.45) is 0 Å². The lowest BCUT2D eigenvalue weighted by Crippen LogP contribution is -2.04. The van der Waals surface area contributed by atoms with Crippen LogP contribution in [0.1, 0.15) is 16.1 Å². The molecule has 6 heteroatoms. The fourth-order valence-electron chi connectivity index (χ4n) is 1.57. The summed E-state index contributed by atoms with van der Waals surface area (Å²) in [6.07, 6.45) is 0. The van der Waals surface area contributed by atoms with Gasteiger partial charge in [-0.15, -0.1) is 10.2 Å². The molecule has 2 rings (SSSR count). The molecular formula is C13H13N3O3. The second kappa shape index (κ2) is 5.34. The van der Waals surface area contributed by atoms with E-state index in [1.54, 1.807) is 13.2 Å². The van der Waals surface area contributed by atoms with Crippen LogP contribution < -0.4 is 10.1 Å². The molecule has 0 saturated carbocycles. The molecule has 0 radical (unpaired) electrons. The summed E-state index contributed by atoms with van der Waals surface area (Å²) in [4.78, 5) is 10.7. The van der Waals surface area contributed by atoms with Crippen LogP contribution >= 0.6 is 0 Å². The number of hydrogen-bond donors (Lipinski definition) is 2. The summed E-state index contributed by atoms with van der Waals surface area (Å²) in [5, 5.41) is 19.2. The first-order valence-electron chi connectivity index (χ1n) is 5.59. The number of nitrogens with one attached hydrogen (secondary N) is 1. The molecule has 19 heavy (non-hydrogen) atoms. The molecule has 2 N–H and O–H groups in total. The SMILES string of the molecule is COc1ccc(C)cc1Nc1ccc(C(=O)O)nn1. The maximum Gasteiger partial charge on any atom is 0.356 e. The average molecular weight is 259 g/mol. The van der Waals surface area contributed by atoms with E-state index in [1.807, 2.05) is 25.1 Å². The third kappa shape index (κ3) is 2.98. The van der Waals surface area contributed by atoms with Crippen LogP contribution in [0.25, 0.3) is 0 Å². The first kappa shape index (κ1) is 12.8. The second-order valence-corrected chi connectivity index (χ2v) is 3.94. The molecule has 0 aliphatic rings. The van der Waals surface area contributed by atoms with E-state index < -0.39 is 5.97 Å². The molecule has 0 fully saturated rings. The minimum absolute atomic E-state index is 0.0956. The van der Waals surface area contributed by atoms with E-state index >= 15 is 0 Å². The summed E-state index contributed by atoms with van der Waals surface area (Å²) >= 11 is 0. The van der Waals surface area contributed by atoms with E-state index in [0.29, 0.717) is 11.6 Å². The van der Waals surface area contributed by atoms with Crippen LogP contribution in [-0.4, -0.2) is 28.4 Å². The number of ether oxygens (including phenoxy) is 1. The number of aryl methyl sites for hydroxylation is 1. The van der Waals surface area contributed by atoms with Crippen molar-refractivity contribution in [2.45, 2.75) is 6.92 Å². The zero-order valence-electron chi connectivity index (χ0n) is 10.5. The fraction of sp³-hybridized carbons (Fsp3) is 0.154. The van der Waals surface area contributed by atoms with Gasteiger partial charge < -0.3 is 15.2 Å². The maximum absolute atomic E-state index is 10.7. The quantitative estimate of drug-likeness (QED) is 0.875. The molecule has 98 valence electrons. The highest BCUT2D eigenvalue weighted by molar-refractivity contribution is 5.85. The molecule has 0 bridgehead atoms. The van der Waals surface area contributed by atoms with Crippen molar-refractivity contribution in [1.29, 1.82) is 0 Å². The summed E-state index contributed by atoms with van der Waals surface area (Å²) < 4.78 is 5.23. The molecule has 1 heterocycles. The van der Waals surface area contributed by atoms with Crippen molar-refractivity contribution in [3.63, 3.8) is 0 Å². The zero-order chi connectivity index (χ0) is 13.8. The van der Waals surface area contributed by atoms with Gasteiger partial charge in [0.25, 0.3) is 0 Å². The molecule has 1 aromatic carbocycles. The van der Waals surface area contributed by atoms with Gasteiger partial charge in [-0.25, -0.2) is 4.79 Å². The van der Waals surface area contributed by atoms with Crippen molar-refractivity contribution in [2.75, 3.05) is 12.4 Å². The zero-order valence-corrected chi connectivity index (χ0v) is 10.5. The number of benzene rings is 1. The van der Waals surface area contributed by atoms with Crippen molar-refractivity contribution in [3.8, 4) is 5.75 Å². The van der Waals surface area contributed by atoms with Gasteiger partial charge in [0, 0.05) is 0 Å². The predicted octanol–water partition coefficient (Wildman–Crippen LogP) is 2.24. The number of carboxylic acid groups (broad SMARTS) is 1. The van der Waals surface area contributed by atoms with Gasteiger partial charge in [0.15, 0.2) is 11.5 Å². The van der Waals surface area contributed by atoms with Crippen LogP contribution in [0, 0.1) is 6.92 Å². The summed E-state index contributed by atoms with van der Waals surface area (Å²) in [6.45, 7) is 1.96. The number of hydrogen-bond acceptors (Lipinski definition) is 5. The van der Waals surface area contributed by atoms with Crippen molar-refractivity contribution >= 4 is 17.5 Å². The maximum atomic E-state index is 10.7. The number of anilines is 2. The lowest BCUT2D eigenvalue weighted by Gasteiger charge is -2.10. The molecule has 1 aromatic heterocycles. The highest BCUT2D eigenvalue weighted by Crippen LogP contribution is 2.27. The predicted molar refractivity (Wildman–Crippen MR) is 70.0 cm³/mol. The first-order chi connectivity index (χ1) is 9.10. The number of nitrogens with zero attached hydrogens (tertiary/aromatic N) is 2. The monoisotopic (exact) mass is 259 g/mol. The van der Waals surface area contributed by atoms with Gasteiger partial charge in [0.1, 0.15) is 5.75 Å². The third-order valence-corrected chi connectivity index (χ3v) is 2.50. The van der Waals surface area contributed by atoms with E-state index in [9.17, 15) is 4.79 Å². The Hall–Kier alpha value is -2.63. The van der Waals surface area contributed by atoms with Crippen LogP contribution in [0.4, 0.5) is 11.5 Å². The lowest BCUT2D eigenvalue weighted by atomic mass is 10.2. The Morgan fingerprint density at radius 2 is 2.05 bits per heavy atom. The Balaban J connectivity index is 2.25. The second-order valence-electron chi connectivity index (χ2n) is 3.94. The molecule has 0 unspecified atom stereocenters. The van der Waals surface area contributed by atoms with Gasteiger partial charge in [-0.2, -0.15) is 0 Å². The third-order valence-electron chi connectivity index (χ3n) is 2.50. The highest BCUT2D eigenvalue weighted by Gasteiger charge is 2.07. The van der Waals surface area contributed by atoms with Crippen LogP contribution in [0.15, 0.2) is 30.3 Å². The van der Waals surface area contributed by atoms with E-state index in [2.05, 4.69) is 15.5 Å². The Kier molecular flexibility index (Phi) is 3.61. The molecule has 2 aromatic rings. The van der Waals surface area contributed by atoms with Crippen molar-refractivity contribution < 1.29 is 14.6 Å². The topological polar surface area (TPSA) is 84.3 Å². The molecule has 0 aliphatic heterocycles. The molecule has 0 amide bonds. The van der Waals surface area contributed by atoms with Gasteiger partial charge in [-0.05, 0) is 36.8 Å². The Labute approximate surface area is 110 Å². The number of aromatic carboxylic acids is 1. The van der Waals surface area contributed by atoms with Crippen molar-refractivity contribution in [1.82, 2.24) is 10.2 Å². The number of aromatic nitrogens is 2. The number of rotatable bonds is 4. The van der Waals surface area contributed by atoms with Crippen LogP contribution in [-0.2, 0) is 0 Å². The van der Waals surface area contributed by atoms with Gasteiger partial charge in [-0.3, -0.25) is 0 Å². The molecule has 0 saturated heterocycles. The summed E-state index contributed by atoms with van der Waals surface area (Å²) in [5.74, 6) is 0.0239. The van der Waals surface area contributed by atoms with E-state index in [-0.39, 0.29) is 5.69 Å². The minimum atomic E-state index is -1.10. The fourth-order valence-corrected chi connectivity index (χ4v) is 1.57. The van der Waals surface area contributed by atoms with Crippen LogP contribution in [0.3, 0.4) is 0 Å². The Bertz CT molecular complexity index is 597. The summed E-state index contributed by atoms with van der Waals surface area (Å²) in [7, 11) is 1.58. The van der Waals surface area contributed by atoms with Gasteiger partial charge in [0.05, 0.1) is 12.8 Å². The van der Waals surface area contributed by atoms with Gasteiger partial charge in [-0.1, -0.05) is 6.07 Å². The molecular weight excluding hydrogens is 246 g/mol. The molecule has 0 atom stereocenters. The number of methoxy groups -OCH3 is 1. The van der Waals surface area contributed by atoms with Crippen LogP contribution in [0.2, 0.25) is 0 Å². The standard InChI is InChI=1S/C13H13N3O3/c1-8-3-5-11(19-2)10(7-8)14-12-6-4-9(13(17)18)15-16-12/h3-7H,1-2H3,(H,14,16)(H,17,18). The minimum Gasteiger partial charge on any atom is -0.495 e. The van der Waals surface area contributed by atoms with Gasteiger partial charge >= 0.3 is 5.97 Å². The molecule has 6 nitrogen and oxygen atoms in total. The number of carbonyl (C=O) groups is 1. The normalized spacial score (nSPS) is 10.0. The highest BCUT2D eigenvalue weighted by atomic mass is 16.5. The number of carboxylic acids is 1. The average Bonchev–Trinajstić information content (AvgIpc) is 2.39. The summed E-state index contributed by atoms with van der Waals surface area (Å²) in [5.41, 5.74) is 1.72. The van der Waals surface area contributed by atoms with Crippen LogP contribution in [0.5, 0.6) is 5.75 Å². The molecule has 0 aliphatic carbocycles. The van der Waals surface area contributed by atoms with E-state index in [0.717, 1.165) is 11.3 Å². The van der Waals surface area contributed by atoms with E-state index in [4.69, 9.17) is 9.84 Å². The smallest absolute Gasteiger partial charge is 0.356 e. The Morgan fingerprint density at radius 1 is 1.26 bits per heavy atom. The summed E-state index contributed by atoms with van der Waals surface area (Å²) in [6, 6.07) is 8.63. The largest absolute Gasteiger partial charge is 0.495 e. The Morgan fingerprint density at radius 3 is 2.63 bits per heavy atom. The molecule has 0 spiro atoms. The first-order valence-corrected chi connectivity index (χ1v) is 5.59. The van der Waals surface area contributed by atoms with Crippen molar-refractivity contribution in [3.05, 3.63) is 41.6 Å². The lowest BCUT2D eigenvalue weighted by molar-refractivity contribution is 0.0689. The van der Waals surface area contributed by atoms with E-state index in [1.165, 1.54) is 6.07 Å².